The molecule has 162 valence electrons. The van der Waals surface area contributed by atoms with Gasteiger partial charge in [-0.1, -0.05) is 0 Å². The Hall–Kier alpha value is -2.92. The van der Waals surface area contributed by atoms with Crippen molar-refractivity contribution in [2.24, 2.45) is 0 Å². The van der Waals surface area contributed by atoms with Crippen molar-refractivity contribution in [2.45, 2.75) is 23.5 Å². The molecular formula is C20H16F3N3O3S2. The normalized spacial score (nSPS) is 14.2. The second kappa shape index (κ2) is 7.97. The summed E-state index contributed by atoms with van der Waals surface area (Å²) in [5, 5.41) is 3.18. The van der Waals surface area contributed by atoms with Gasteiger partial charge in [0.15, 0.2) is 5.03 Å². The Morgan fingerprint density at radius 2 is 1.87 bits per heavy atom. The quantitative estimate of drug-likeness (QED) is 0.621. The van der Waals surface area contributed by atoms with Gasteiger partial charge in [0.05, 0.1) is 5.56 Å². The van der Waals surface area contributed by atoms with Crippen molar-refractivity contribution in [1.29, 1.82) is 0 Å². The van der Waals surface area contributed by atoms with Crippen molar-refractivity contribution < 1.29 is 26.4 Å². The zero-order chi connectivity index (χ0) is 22.2. The van der Waals surface area contributed by atoms with E-state index >= 15 is 0 Å². The summed E-state index contributed by atoms with van der Waals surface area (Å²) in [5.74, 6) is -0.996. The third-order valence-corrected chi connectivity index (χ3v) is 7.34. The van der Waals surface area contributed by atoms with Crippen LogP contribution in [0.25, 0.3) is 0 Å². The molecule has 0 radical (unpaired) electrons. The van der Waals surface area contributed by atoms with E-state index in [1.807, 2.05) is 0 Å². The van der Waals surface area contributed by atoms with Gasteiger partial charge in [0.25, 0.3) is 15.7 Å². The van der Waals surface area contributed by atoms with Crippen molar-refractivity contribution in [3.8, 4) is 0 Å². The van der Waals surface area contributed by atoms with Crippen LogP contribution in [0.1, 0.15) is 20.8 Å². The molecule has 0 spiro atoms. The second-order valence-electron chi connectivity index (χ2n) is 6.85. The van der Waals surface area contributed by atoms with E-state index in [0.717, 1.165) is 37.5 Å². The molecule has 1 aliphatic rings. The summed E-state index contributed by atoms with van der Waals surface area (Å²) in [6.07, 6.45) is 1.84. The number of benzene rings is 1. The van der Waals surface area contributed by atoms with Gasteiger partial charge in [0.1, 0.15) is 0 Å². The number of fused-ring (bicyclic) bond motifs is 1. The predicted octanol–water partition coefficient (Wildman–Crippen LogP) is 4.25. The monoisotopic (exact) mass is 467 g/mol. The third kappa shape index (κ3) is 4.15. The summed E-state index contributed by atoms with van der Waals surface area (Å²) in [6.45, 7) is 1.63. The van der Waals surface area contributed by atoms with Crippen LogP contribution in [0, 0.1) is 0 Å². The molecule has 3 aromatic rings. The van der Waals surface area contributed by atoms with Gasteiger partial charge in [0.2, 0.25) is 0 Å². The number of aromatic nitrogens is 1. The average Bonchev–Trinajstić information content (AvgIpc) is 3.21. The zero-order valence-corrected chi connectivity index (χ0v) is 17.5. The number of hydrogen-bond donors (Lipinski definition) is 1. The first kappa shape index (κ1) is 21.3. The van der Waals surface area contributed by atoms with E-state index in [4.69, 9.17) is 0 Å². The number of nitrogens with zero attached hydrogens (tertiary/aromatic N) is 2. The van der Waals surface area contributed by atoms with E-state index < -0.39 is 31.8 Å². The number of thiophene rings is 1. The first-order valence-electron chi connectivity index (χ1n) is 9.15. The molecule has 11 heteroatoms. The molecular weight excluding hydrogens is 451 g/mol. The van der Waals surface area contributed by atoms with Crippen LogP contribution in [0.2, 0.25) is 0 Å². The van der Waals surface area contributed by atoms with Gasteiger partial charge in [-0.3, -0.25) is 4.79 Å². The highest BCUT2D eigenvalue weighted by atomic mass is 32.2. The number of sulfone groups is 1. The number of carbonyl (C=O) groups excluding carboxylic acids is 1. The maximum atomic E-state index is 12.9. The van der Waals surface area contributed by atoms with Crippen LogP contribution in [0.15, 0.2) is 59.1 Å². The summed E-state index contributed by atoms with van der Waals surface area (Å²) in [6, 6.07) is 11.1. The molecule has 6 nitrogen and oxygen atoms in total. The van der Waals surface area contributed by atoms with Crippen LogP contribution < -0.4 is 10.2 Å². The van der Waals surface area contributed by atoms with E-state index in [1.165, 1.54) is 16.5 Å². The Morgan fingerprint density at radius 1 is 1.13 bits per heavy atom. The van der Waals surface area contributed by atoms with Crippen LogP contribution >= 0.6 is 11.3 Å². The Labute approximate surface area is 180 Å². The number of alkyl halides is 3. The molecule has 1 N–H and O–H groups in total. The van der Waals surface area contributed by atoms with Crippen molar-refractivity contribution in [3.05, 3.63) is 70.0 Å². The first-order valence-corrected chi connectivity index (χ1v) is 11.5. The number of nitrogens with one attached hydrogen (secondary N) is 1. The second-order valence-corrected chi connectivity index (χ2v) is 9.70. The lowest BCUT2D eigenvalue weighted by Crippen LogP contribution is -2.29. The van der Waals surface area contributed by atoms with Gasteiger partial charge >= 0.3 is 5.51 Å². The average molecular weight is 467 g/mol. The minimum absolute atomic E-state index is 0.321. The molecule has 0 saturated heterocycles. The number of halogens is 3. The van der Waals surface area contributed by atoms with E-state index in [0.29, 0.717) is 5.69 Å². The molecule has 1 aromatic carbocycles. The summed E-state index contributed by atoms with van der Waals surface area (Å²) in [4.78, 5) is 19.4. The van der Waals surface area contributed by atoms with E-state index in [-0.39, 0.29) is 0 Å². The Bertz CT molecular complexity index is 1220. The molecule has 0 fully saturated rings. The summed E-state index contributed by atoms with van der Waals surface area (Å²) in [7, 11) is -5.76. The first-order chi connectivity index (χ1) is 14.7. The predicted molar refractivity (Wildman–Crippen MR) is 111 cm³/mol. The highest BCUT2D eigenvalue weighted by molar-refractivity contribution is 7.92. The molecule has 0 unspecified atom stereocenters. The van der Waals surface area contributed by atoms with Crippen LogP contribution in [0.5, 0.6) is 0 Å². The van der Waals surface area contributed by atoms with Crippen molar-refractivity contribution in [3.63, 3.8) is 0 Å². The topological polar surface area (TPSA) is 79.4 Å². The smallest absolute Gasteiger partial charge is 0.367 e. The number of anilines is 2. The van der Waals surface area contributed by atoms with Gasteiger partial charge < -0.3 is 10.2 Å². The van der Waals surface area contributed by atoms with Crippen LogP contribution in [-0.4, -0.2) is 31.4 Å². The molecule has 1 amide bonds. The minimum Gasteiger partial charge on any atom is -0.367 e. The van der Waals surface area contributed by atoms with Crippen LogP contribution in [0.3, 0.4) is 0 Å². The summed E-state index contributed by atoms with van der Waals surface area (Å²) >= 11 is 1.74. The van der Waals surface area contributed by atoms with Crippen molar-refractivity contribution in [2.75, 3.05) is 16.8 Å². The molecule has 3 heterocycles. The lowest BCUT2D eigenvalue weighted by Gasteiger charge is -2.29. The third-order valence-electron chi connectivity index (χ3n) is 4.87. The molecule has 0 saturated carbocycles. The molecule has 4 rings (SSSR count). The number of amides is 1. The maximum Gasteiger partial charge on any atom is 0.503 e. The number of pyridine rings is 1. The molecule has 1 aliphatic heterocycles. The van der Waals surface area contributed by atoms with Gasteiger partial charge in [0, 0.05) is 35.5 Å². The summed E-state index contributed by atoms with van der Waals surface area (Å²) < 4.78 is 62.3. The van der Waals surface area contributed by atoms with Crippen molar-refractivity contribution in [1.82, 2.24) is 4.98 Å². The van der Waals surface area contributed by atoms with Crippen LogP contribution in [0.4, 0.5) is 24.5 Å². The molecule has 0 bridgehead atoms. The standard InChI is InChI=1S/C20H16F3N3O3S2/c21-20(22,23)31(28,29)19-16(2-1-9-24-19)18(27)25-14-3-5-15(6-4-14)26-10-7-17-13(12-26)8-11-30-17/h1-6,8-9,11H,7,10,12H2,(H,25,27). The lowest BCUT2D eigenvalue weighted by molar-refractivity contribution is -0.0438. The van der Waals surface area contributed by atoms with Gasteiger partial charge in [-0.15, -0.1) is 11.3 Å². The van der Waals surface area contributed by atoms with Crippen LogP contribution in [-0.2, 0) is 22.8 Å². The fourth-order valence-corrected chi connectivity index (χ4v) is 5.07. The Balaban J connectivity index is 1.52. The molecule has 2 aromatic heterocycles. The van der Waals surface area contributed by atoms with Gasteiger partial charge in [-0.2, -0.15) is 13.2 Å². The SMILES string of the molecule is O=C(Nc1ccc(N2CCc3sccc3C2)cc1)c1cccnc1S(=O)(=O)C(F)(F)F. The fraction of sp³-hybridized carbons (Fsp3) is 0.200. The largest absolute Gasteiger partial charge is 0.503 e. The van der Waals surface area contributed by atoms with E-state index in [9.17, 15) is 26.4 Å². The van der Waals surface area contributed by atoms with E-state index in [2.05, 4.69) is 26.6 Å². The molecule has 0 atom stereocenters. The number of rotatable bonds is 4. The zero-order valence-electron chi connectivity index (χ0n) is 15.9. The minimum atomic E-state index is -5.76. The number of hydrogen-bond acceptors (Lipinski definition) is 6. The highest BCUT2D eigenvalue weighted by Gasteiger charge is 2.49. The lowest BCUT2D eigenvalue weighted by atomic mass is 10.1. The summed E-state index contributed by atoms with van der Waals surface area (Å²) in [5.41, 5.74) is -3.69. The fourth-order valence-electron chi connectivity index (χ4n) is 3.31. The highest BCUT2D eigenvalue weighted by Crippen LogP contribution is 2.32. The maximum absolute atomic E-state index is 12.9. The van der Waals surface area contributed by atoms with Gasteiger partial charge in [-0.25, -0.2) is 13.4 Å². The van der Waals surface area contributed by atoms with E-state index in [1.54, 1.807) is 35.6 Å². The number of carbonyl (C=O) groups is 1. The molecule has 0 aliphatic carbocycles. The molecule has 31 heavy (non-hydrogen) atoms. The van der Waals surface area contributed by atoms with Gasteiger partial charge in [-0.05, 0) is 59.8 Å². The van der Waals surface area contributed by atoms with Crippen molar-refractivity contribution >= 4 is 38.5 Å². The Morgan fingerprint density at radius 3 is 2.58 bits per heavy atom. The Kier molecular flexibility index (Phi) is 5.48.